The molecule has 0 saturated heterocycles. The summed E-state index contributed by atoms with van der Waals surface area (Å²) in [5.74, 6) is -0.151. The Bertz CT molecular complexity index is 2030. The van der Waals surface area contributed by atoms with E-state index in [-0.39, 0.29) is 11.6 Å². The molecule has 0 bridgehead atoms. The smallest absolute Gasteiger partial charge is 0.343 e. The highest BCUT2D eigenvalue weighted by atomic mass is 16.2. The van der Waals surface area contributed by atoms with E-state index in [0.717, 1.165) is 47.2 Å². The molecule has 3 heterocycles. The maximum Gasteiger partial charge on any atom is 0.348 e. The number of hydrogen-bond acceptors (Lipinski definition) is 5. The molecular weight excluding hydrogens is 512 g/mol. The van der Waals surface area contributed by atoms with Gasteiger partial charge in [-0.1, -0.05) is 54.6 Å². The normalized spacial score (nSPS) is 13.9. The Hall–Kier alpha value is -5.55. The van der Waals surface area contributed by atoms with Gasteiger partial charge in [0.2, 0.25) is 0 Å². The van der Waals surface area contributed by atoms with E-state index in [9.17, 15) is 9.59 Å². The fourth-order valence-corrected chi connectivity index (χ4v) is 5.63. The van der Waals surface area contributed by atoms with Crippen LogP contribution in [-0.2, 0) is 5.54 Å². The second-order valence-corrected chi connectivity index (χ2v) is 10.4. The van der Waals surface area contributed by atoms with Gasteiger partial charge in [-0.05, 0) is 72.9 Å². The van der Waals surface area contributed by atoms with E-state index in [1.54, 1.807) is 34.7 Å². The molecule has 0 atom stereocenters. The molecule has 3 aromatic carbocycles. The fraction of sp³-hybridized carbons (Fsp3) is 0.121. The molecule has 6 aromatic rings. The van der Waals surface area contributed by atoms with Crippen molar-refractivity contribution in [3.63, 3.8) is 0 Å². The van der Waals surface area contributed by atoms with Gasteiger partial charge in [-0.25, -0.2) is 19.3 Å². The minimum absolute atomic E-state index is 0.151. The van der Waals surface area contributed by atoms with Gasteiger partial charge >= 0.3 is 5.69 Å². The molecule has 3 aromatic heterocycles. The Balaban J connectivity index is 1.28. The van der Waals surface area contributed by atoms with Gasteiger partial charge in [-0.3, -0.25) is 4.79 Å². The zero-order chi connectivity index (χ0) is 28.0. The number of nitriles is 1. The quantitative estimate of drug-likeness (QED) is 0.298. The number of rotatable bonds is 5. The summed E-state index contributed by atoms with van der Waals surface area (Å²) in [4.78, 5) is 30.7. The number of fused-ring (bicyclic) bond motifs is 3. The zero-order valence-electron chi connectivity index (χ0n) is 22.0. The summed E-state index contributed by atoms with van der Waals surface area (Å²) in [5.41, 5.74) is 6.88. The van der Waals surface area contributed by atoms with Crippen molar-refractivity contribution in [2.24, 2.45) is 0 Å². The third-order valence-electron chi connectivity index (χ3n) is 7.99. The van der Waals surface area contributed by atoms with Crippen molar-refractivity contribution < 1.29 is 4.79 Å². The van der Waals surface area contributed by atoms with Crippen molar-refractivity contribution in [2.45, 2.75) is 24.8 Å². The minimum atomic E-state index is -0.434. The van der Waals surface area contributed by atoms with Crippen LogP contribution in [0.25, 0.3) is 39.1 Å². The van der Waals surface area contributed by atoms with E-state index >= 15 is 0 Å². The van der Waals surface area contributed by atoms with Gasteiger partial charge in [0.1, 0.15) is 0 Å². The first-order chi connectivity index (χ1) is 20.0. The summed E-state index contributed by atoms with van der Waals surface area (Å²) in [7, 11) is 0. The standard InChI is InChI=1S/C33H24N6O2/c34-20-21-7-9-24(10-8-21)31(40)36-33(17-4-18-33)25-13-11-23(12-14-25)30-26(22-5-2-1-3-6-22)19-28-27(35-30)15-16-29-37-38-32(41)39(28)29/h1-3,5-16,19H,4,17-18H2,(H,36,40)(H,38,41). The van der Waals surface area contributed by atoms with Crippen molar-refractivity contribution in [3.05, 3.63) is 124 Å². The summed E-state index contributed by atoms with van der Waals surface area (Å²) in [6.45, 7) is 0. The second-order valence-electron chi connectivity index (χ2n) is 10.4. The highest BCUT2D eigenvalue weighted by Gasteiger charge is 2.40. The molecular formula is C33H24N6O2. The van der Waals surface area contributed by atoms with E-state index in [1.807, 2.05) is 54.6 Å². The summed E-state index contributed by atoms with van der Waals surface area (Å²) in [5, 5.41) is 18.9. The van der Waals surface area contributed by atoms with E-state index in [4.69, 9.17) is 10.2 Å². The van der Waals surface area contributed by atoms with Gasteiger partial charge in [0.05, 0.1) is 33.9 Å². The molecule has 0 spiro atoms. The monoisotopic (exact) mass is 536 g/mol. The zero-order valence-corrected chi connectivity index (χ0v) is 22.0. The van der Waals surface area contributed by atoms with E-state index < -0.39 is 5.54 Å². The summed E-state index contributed by atoms with van der Waals surface area (Å²) >= 11 is 0. The molecule has 1 amide bonds. The number of carbonyl (C=O) groups is 1. The first-order valence-electron chi connectivity index (χ1n) is 13.4. The molecule has 8 nitrogen and oxygen atoms in total. The SMILES string of the molecule is N#Cc1ccc(C(=O)NC2(c3ccc(-c4nc5ccc6n[nH]c(=O)n6c5cc4-c4ccccc4)cc3)CCC2)cc1. The Kier molecular flexibility index (Phi) is 5.72. The Morgan fingerprint density at radius 2 is 1.68 bits per heavy atom. The van der Waals surface area contributed by atoms with Gasteiger partial charge in [-0.15, -0.1) is 0 Å². The molecule has 0 aliphatic heterocycles. The van der Waals surface area contributed by atoms with Crippen molar-refractivity contribution in [3.8, 4) is 28.5 Å². The maximum absolute atomic E-state index is 13.1. The molecule has 0 unspecified atom stereocenters. The van der Waals surface area contributed by atoms with Gasteiger partial charge < -0.3 is 5.32 Å². The van der Waals surface area contributed by atoms with Crippen LogP contribution in [0.1, 0.15) is 40.7 Å². The number of pyridine rings is 2. The number of benzene rings is 3. The molecule has 1 aliphatic rings. The maximum atomic E-state index is 13.1. The van der Waals surface area contributed by atoms with Crippen LogP contribution in [0.4, 0.5) is 0 Å². The Morgan fingerprint density at radius 3 is 2.37 bits per heavy atom. The molecule has 7 rings (SSSR count). The third kappa shape index (κ3) is 4.15. The van der Waals surface area contributed by atoms with Crippen LogP contribution < -0.4 is 11.0 Å². The number of aromatic amines is 1. The minimum Gasteiger partial charge on any atom is -0.343 e. The molecule has 0 radical (unpaired) electrons. The summed E-state index contributed by atoms with van der Waals surface area (Å²) in [6.07, 6.45) is 2.74. The second kappa shape index (κ2) is 9.57. The van der Waals surface area contributed by atoms with Crippen molar-refractivity contribution >= 4 is 22.6 Å². The van der Waals surface area contributed by atoms with Crippen molar-refractivity contribution in [1.82, 2.24) is 24.9 Å². The predicted molar refractivity (Wildman–Crippen MR) is 156 cm³/mol. The van der Waals surface area contributed by atoms with Crippen LogP contribution in [0.2, 0.25) is 0 Å². The number of carbonyl (C=O) groups excluding carboxylic acids is 1. The third-order valence-corrected chi connectivity index (χ3v) is 7.99. The number of H-pyrrole nitrogens is 1. The summed E-state index contributed by atoms with van der Waals surface area (Å²) in [6, 6.07) is 32.6. The van der Waals surface area contributed by atoms with Crippen LogP contribution in [0.15, 0.2) is 102 Å². The van der Waals surface area contributed by atoms with Crippen LogP contribution in [0.5, 0.6) is 0 Å². The van der Waals surface area contributed by atoms with Crippen LogP contribution in [0, 0.1) is 11.3 Å². The van der Waals surface area contributed by atoms with Crippen LogP contribution in [0.3, 0.4) is 0 Å². The molecule has 1 saturated carbocycles. The Morgan fingerprint density at radius 1 is 0.927 bits per heavy atom. The average molecular weight is 537 g/mol. The first kappa shape index (κ1) is 24.5. The summed E-state index contributed by atoms with van der Waals surface area (Å²) < 4.78 is 1.54. The van der Waals surface area contributed by atoms with Crippen molar-refractivity contribution in [1.29, 1.82) is 5.26 Å². The van der Waals surface area contributed by atoms with E-state index in [1.165, 1.54) is 0 Å². The lowest BCUT2D eigenvalue weighted by molar-refractivity contribution is 0.0823. The highest BCUT2D eigenvalue weighted by molar-refractivity contribution is 5.95. The average Bonchev–Trinajstić information content (AvgIpc) is 3.39. The lowest BCUT2D eigenvalue weighted by atomic mass is 9.71. The van der Waals surface area contributed by atoms with Crippen LogP contribution in [-0.4, -0.2) is 25.5 Å². The topological polar surface area (TPSA) is 116 Å². The number of amides is 1. The van der Waals surface area contributed by atoms with Gasteiger partial charge in [0.15, 0.2) is 5.65 Å². The number of aromatic nitrogens is 4. The molecule has 2 N–H and O–H groups in total. The van der Waals surface area contributed by atoms with E-state index in [0.29, 0.717) is 27.8 Å². The van der Waals surface area contributed by atoms with Crippen LogP contribution >= 0.6 is 0 Å². The molecule has 1 aliphatic carbocycles. The molecule has 8 heteroatoms. The fourth-order valence-electron chi connectivity index (χ4n) is 5.63. The Labute approximate surface area is 234 Å². The van der Waals surface area contributed by atoms with Gasteiger partial charge in [0.25, 0.3) is 5.91 Å². The molecule has 41 heavy (non-hydrogen) atoms. The van der Waals surface area contributed by atoms with Gasteiger partial charge in [0, 0.05) is 16.7 Å². The lowest BCUT2D eigenvalue weighted by Crippen LogP contribution is -2.50. The number of hydrogen-bond donors (Lipinski definition) is 2. The van der Waals surface area contributed by atoms with Crippen molar-refractivity contribution in [2.75, 3.05) is 0 Å². The number of nitrogens with zero attached hydrogens (tertiary/aromatic N) is 4. The number of nitrogens with one attached hydrogen (secondary N) is 2. The predicted octanol–water partition coefficient (Wildman–Crippen LogP) is 5.59. The lowest BCUT2D eigenvalue weighted by Gasteiger charge is -2.43. The molecule has 1 fully saturated rings. The molecule has 198 valence electrons. The van der Waals surface area contributed by atoms with Gasteiger partial charge in [-0.2, -0.15) is 10.4 Å². The van der Waals surface area contributed by atoms with E-state index in [2.05, 4.69) is 33.7 Å². The largest absolute Gasteiger partial charge is 0.348 e. The first-order valence-corrected chi connectivity index (χ1v) is 13.4. The highest BCUT2D eigenvalue weighted by Crippen LogP contribution is 2.42.